The number of quaternary nitrogens is 1. The Kier molecular flexibility index (Phi) is 53.1. The van der Waals surface area contributed by atoms with Crippen molar-refractivity contribution in [3.8, 4) is 0 Å². The lowest BCUT2D eigenvalue weighted by Crippen LogP contribution is -2.47. The number of allylic oxidation sites excluding steroid dienone is 19. The van der Waals surface area contributed by atoms with Gasteiger partial charge in [0.05, 0.1) is 33.8 Å². The average Bonchev–Trinajstić information content (AvgIpc) is 3.39. The van der Waals surface area contributed by atoms with Gasteiger partial charge in [-0.15, -0.1) is 0 Å². The Hall–Kier alpha value is -3.59. The van der Waals surface area contributed by atoms with Crippen molar-refractivity contribution in [1.82, 2.24) is 5.32 Å². The summed E-state index contributed by atoms with van der Waals surface area (Å²) < 4.78 is 30.2. The van der Waals surface area contributed by atoms with E-state index < -0.39 is 26.6 Å². The summed E-state index contributed by atoms with van der Waals surface area (Å²) in [5, 5.41) is 2.97. The molecule has 0 spiro atoms. The van der Waals surface area contributed by atoms with Gasteiger partial charge in [-0.05, 0) is 109 Å². The third-order valence-corrected chi connectivity index (χ3v) is 13.9. The minimum atomic E-state index is -4.73. The van der Waals surface area contributed by atoms with Crippen LogP contribution in [0.1, 0.15) is 239 Å². The lowest BCUT2D eigenvalue weighted by atomic mass is 10.0. The highest BCUT2D eigenvalue weighted by molar-refractivity contribution is 7.45. The maximum atomic E-state index is 13.5. The van der Waals surface area contributed by atoms with Crippen LogP contribution in [0.2, 0.25) is 0 Å². The summed E-state index contributed by atoms with van der Waals surface area (Å²) in [6, 6.07) is -0.943. The van der Waals surface area contributed by atoms with Gasteiger partial charge in [-0.25, -0.2) is 0 Å². The van der Waals surface area contributed by atoms with Crippen molar-refractivity contribution in [2.24, 2.45) is 0 Å². The largest absolute Gasteiger partial charge is 0.756 e. The van der Waals surface area contributed by atoms with Crippen molar-refractivity contribution in [2.45, 2.75) is 251 Å². The summed E-state index contributed by atoms with van der Waals surface area (Å²) in [4.78, 5) is 40.0. The first-order chi connectivity index (χ1) is 37.4. The van der Waals surface area contributed by atoms with E-state index in [0.29, 0.717) is 23.9 Å². The molecule has 0 aromatic heterocycles. The highest BCUT2D eigenvalue weighted by atomic mass is 31.2. The van der Waals surface area contributed by atoms with Crippen molar-refractivity contribution in [3.05, 3.63) is 122 Å². The number of nitrogens with one attached hydrogen (secondary N) is 1. The van der Waals surface area contributed by atoms with Gasteiger partial charge < -0.3 is 28.5 Å². The van der Waals surface area contributed by atoms with E-state index in [0.717, 1.165) is 109 Å². The van der Waals surface area contributed by atoms with Gasteiger partial charge in [0, 0.05) is 12.8 Å². The second-order valence-electron chi connectivity index (χ2n) is 21.5. The molecule has 0 aliphatic heterocycles. The Morgan fingerprint density at radius 2 is 0.844 bits per heavy atom. The van der Waals surface area contributed by atoms with Crippen molar-refractivity contribution >= 4 is 19.7 Å². The number of likely N-dealkylation sites (N-methyl/N-ethyl adjacent to an activating group) is 1. The van der Waals surface area contributed by atoms with E-state index in [1.165, 1.54) is 83.5 Å². The standard InChI is InChI=1S/C67H115N2O7P/c1-7-10-13-16-19-22-25-28-30-32-34-36-38-41-44-47-50-53-56-59-66(70)68-64(63-75-77(72,73)74-62-61-69(4,5)6)65(58-55-52-49-46-43-40-27-24-21-18-15-12-9-3)76-67(71)60-57-54-51-48-45-42-39-37-35-33-31-29-26-23-20-17-14-11-8-2/h10,13,19-20,22-23,28-31,34-37,41,44,50,53,55,58,64-65H,7-9,11-12,14-18,21,24-27,32-33,38-40,42-43,45-49,51-52,54,56-57,59-63H2,1-6H3,(H-,68,70,72,73)/b13-10-,22-19-,23-20-,30-28-,31-29-,36-34-,37-35-,44-41-,53-50-,58-55+. The van der Waals surface area contributed by atoms with Gasteiger partial charge in [-0.2, -0.15) is 0 Å². The molecule has 0 radical (unpaired) electrons. The van der Waals surface area contributed by atoms with Crippen LogP contribution in [-0.2, 0) is 27.9 Å². The first kappa shape index (κ1) is 73.4. The predicted octanol–water partition coefficient (Wildman–Crippen LogP) is 18.5. The molecule has 3 atom stereocenters. The maximum absolute atomic E-state index is 13.5. The van der Waals surface area contributed by atoms with Crippen molar-refractivity contribution in [2.75, 3.05) is 40.9 Å². The van der Waals surface area contributed by atoms with Gasteiger partial charge in [0.1, 0.15) is 19.3 Å². The molecular weight excluding hydrogens is 976 g/mol. The third-order valence-electron chi connectivity index (χ3n) is 12.9. The molecule has 0 aromatic carbocycles. The molecule has 1 amide bonds. The average molecular weight is 1090 g/mol. The number of hydrogen-bond acceptors (Lipinski definition) is 7. The van der Waals surface area contributed by atoms with Crippen molar-refractivity contribution in [1.29, 1.82) is 0 Å². The SMILES string of the molecule is CC/C=C\C/C=C\C/C=C\C/C=C\C/C=C\C/C=C\CCC(=O)NC(COP(=O)([O-])OCC[N+](C)(C)C)C(/C=C/CCCCCCCCCCCCC)OC(=O)CCCCCCCC/C=C\C/C=C\C/C=C\CCCCC. The van der Waals surface area contributed by atoms with Crippen LogP contribution in [0.3, 0.4) is 0 Å². The molecule has 0 fully saturated rings. The molecule has 1 N–H and O–H groups in total. The lowest BCUT2D eigenvalue weighted by Gasteiger charge is -2.30. The van der Waals surface area contributed by atoms with Gasteiger partial charge in [-0.1, -0.05) is 239 Å². The van der Waals surface area contributed by atoms with Crippen LogP contribution in [-0.4, -0.2) is 69.4 Å². The molecule has 3 unspecified atom stereocenters. The van der Waals surface area contributed by atoms with Gasteiger partial charge in [0.15, 0.2) is 0 Å². The highest BCUT2D eigenvalue weighted by Crippen LogP contribution is 2.38. The summed E-state index contributed by atoms with van der Waals surface area (Å²) in [6.07, 6.45) is 77.5. The Morgan fingerprint density at radius 1 is 0.468 bits per heavy atom. The third kappa shape index (κ3) is 56.9. The van der Waals surface area contributed by atoms with E-state index in [1.807, 2.05) is 39.4 Å². The predicted molar refractivity (Wildman–Crippen MR) is 330 cm³/mol. The van der Waals surface area contributed by atoms with Gasteiger partial charge in [-0.3, -0.25) is 14.2 Å². The Bertz CT molecular complexity index is 1730. The van der Waals surface area contributed by atoms with Gasteiger partial charge >= 0.3 is 5.97 Å². The number of ether oxygens (including phenoxy) is 1. The number of nitrogens with zero attached hydrogens (tertiary/aromatic N) is 1. The van der Waals surface area contributed by atoms with Crippen LogP contribution in [0.25, 0.3) is 0 Å². The van der Waals surface area contributed by atoms with E-state index in [-0.39, 0.29) is 31.3 Å². The van der Waals surface area contributed by atoms with Crippen LogP contribution in [0.15, 0.2) is 122 Å². The molecule has 77 heavy (non-hydrogen) atoms. The van der Waals surface area contributed by atoms with E-state index in [2.05, 4.69) is 123 Å². The first-order valence-corrected chi connectivity index (χ1v) is 32.3. The smallest absolute Gasteiger partial charge is 0.306 e. The monoisotopic (exact) mass is 1090 g/mol. The number of unbranched alkanes of at least 4 members (excludes halogenated alkanes) is 20. The minimum absolute atomic E-state index is 0.0445. The van der Waals surface area contributed by atoms with Gasteiger partial charge in [0.2, 0.25) is 5.91 Å². The molecule has 0 rings (SSSR count). The highest BCUT2D eigenvalue weighted by Gasteiger charge is 2.27. The number of amides is 1. The Morgan fingerprint density at radius 3 is 1.30 bits per heavy atom. The zero-order chi connectivity index (χ0) is 56.4. The summed E-state index contributed by atoms with van der Waals surface area (Å²) in [5.41, 5.74) is 0. The number of rotatable bonds is 54. The summed E-state index contributed by atoms with van der Waals surface area (Å²) >= 11 is 0. The van der Waals surface area contributed by atoms with Crippen LogP contribution in [0.4, 0.5) is 0 Å². The van der Waals surface area contributed by atoms with E-state index in [1.54, 1.807) is 6.08 Å². The zero-order valence-corrected chi connectivity index (χ0v) is 51.0. The van der Waals surface area contributed by atoms with Crippen LogP contribution < -0.4 is 10.2 Å². The molecule has 0 aromatic rings. The van der Waals surface area contributed by atoms with Crippen molar-refractivity contribution < 1.29 is 37.3 Å². The minimum Gasteiger partial charge on any atom is -0.756 e. The lowest BCUT2D eigenvalue weighted by molar-refractivity contribution is -0.870. The molecule has 9 nitrogen and oxygen atoms in total. The molecule has 440 valence electrons. The first-order valence-electron chi connectivity index (χ1n) is 30.8. The summed E-state index contributed by atoms with van der Waals surface area (Å²) in [6.45, 7) is 6.62. The van der Waals surface area contributed by atoms with E-state index >= 15 is 0 Å². The summed E-state index contributed by atoms with van der Waals surface area (Å²) in [7, 11) is 1.11. The Labute approximate surface area is 473 Å². The number of phosphoric ester groups is 1. The number of phosphoric acid groups is 1. The number of carbonyl (C=O) groups is 2. The van der Waals surface area contributed by atoms with E-state index in [4.69, 9.17) is 13.8 Å². The van der Waals surface area contributed by atoms with Crippen LogP contribution in [0, 0.1) is 0 Å². The molecule has 10 heteroatoms. The molecule has 0 saturated heterocycles. The molecule has 0 heterocycles. The molecule has 0 bridgehead atoms. The number of hydrogen-bond donors (Lipinski definition) is 1. The second-order valence-corrected chi connectivity index (χ2v) is 22.9. The van der Waals surface area contributed by atoms with Crippen molar-refractivity contribution in [3.63, 3.8) is 0 Å². The van der Waals surface area contributed by atoms with Crippen LogP contribution in [0.5, 0.6) is 0 Å². The molecule has 0 aliphatic rings. The van der Waals surface area contributed by atoms with E-state index in [9.17, 15) is 19.0 Å². The normalized spacial score (nSPS) is 14.5. The number of carbonyl (C=O) groups excluding carboxylic acids is 2. The maximum Gasteiger partial charge on any atom is 0.306 e. The molecule has 0 aliphatic carbocycles. The molecule has 0 saturated carbocycles. The zero-order valence-electron chi connectivity index (χ0n) is 50.1. The summed E-state index contributed by atoms with van der Waals surface area (Å²) in [5.74, 6) is -0.660. The fourth-order valence-corrected chi connectivity index (χ4v) is 8.86. The molecular formula is C67H115N2O7P. The topological polar surface area (TPSA) is 114 Å². The van der Waals surface area contributed by atoms with Gasteiger partial charge in [0.25, 0.3) is 7.82 Å². The Balaban J connectivity index is 5.46. The second kappa shape index (κ2) is 55.7. The number of esters is 1. The fourth-order valence-electron chi connectivity index (χ4n) is 8.14. The quantitative estimate of drug-likeness (QED) is 0.0212. The van der Waals surface area contributed by atoms with Crippen LogP contribution >= 0.6 is 7.82 Å². The fraction of sp³-hybridized carbons (Fsp3) is 0.672.